The zero-order valence-electron chi connectivity index (χ0n) is 9.95. The molecular weight excluding hydrogens is 252 g/mol. The van der Waals surface area contributed by atoms with Crippen LogP contribution in [0.2, 0.25) is 0 Å². The zero-order chi connectivity index (χ0) is 13.3. The fourth-order valence-electron chi connectivity index (χ4n) is 1.77. The number of benzene rings is 2. The smallest absolute Gasteiger partial charge is 0.177 e. The average Bonchev–Trinajstić information content (AvgIpc) is 2.31. The molecule has 2 rings (SSSR count). The fraction of sp³-hybridized carbons (Fsp3) is 0.167. The van der Waals surface area contributed by atoms with Gasteiger partial charge < -0.3 is 5.11 Å². The molecular formula is C12H12N2O3S. The Morgan fingerprint density at radius 3 is 2.50 bits per heavy atom. The van der Waals surface area contributed by atoms with Gasteiger partial charge in [-0.15, -0.1) is 0 Å². The Bertz CT molecular complexity index is 736. The second-order valence-electron chi connectivity index (χ2n) is 3.87. The molecule has 1 N–H and O–H groups in total. The van der Waals surface area contributed by atoms with Gasteiger partial charge in [0.1, 0.15) is 5.69 Å². The molecule has 18 heavy (non-hydrogen) atoms. The number of nitrogens with zero attached hydrogens (tertiary/aromatic N) is 2. The molecule has 0 radical (unpaired) electrons. The van der Waals surface area contributed by atoms with Gasteiger partial charge in [0.15, 0.2) is 15.6 Å². The number of hydrogen-bond acceptors (Lipinski definition) is 5. The summed E-state index contributed by atoms with van der Waals surface area (Å²) in [6, 6.07) is 8.46. The average molecular weight is 264 g/mol. The predicted octanol–water partition coefficient (Wildman–Crippen LogP) is 2.66. The molecule has 2 aromatic carbocycles. The number of aromatic hydroxyl groups is 1. The minimum Gasteiger partial charge on any atom is -0.505 e. The maximum absolute atomic E-state index is 11.7. The van der Waals surface area contributed by atoms with Crippen molar-refractivity contribution in [3.8, 4) is 5.75 Å². The maximum Gasteiger partial charge on any atom is 0.177 e. The van der Waals surface area contributed by atoms with Gasteiger partial charge in [-0.3, -0.25) is 0 Å². The first-order valence-corrected chi connectivity index (χ1v) is 7.09. The van der Waals surface area contributed by atoms with Crippen molar-refractivity contribution in [2.75, 3.05) is 13.3 Å². The minimum atomic E-state index is -3.48. The Hall–Kier alpha value is -1.95. The zero-order valence-corrected chi connectivity index (χ0v) is 10.8. The first-order chi connectivity index (χ1) is 8.45. The molecule has 2 aromatic rings. The number of phenols is 1. The van der Waals surface area contributed by atoms with Crippen LogP contribution in [-0.4, -0.2) is 26.8 Å². The summed E-state index contributed by atoms with van der Waals surface area (Å²) in [7, 11) is -2.07. The van der Waals surface area contributed by atoms with Gasteiger partial charge in [0.2, 0.25) is 0 Å². The Balaban J connectivity index is 2.97. The molecule has 0 aliphatic carbocycles. The van der Waals surface area contributed by atoms with Gasteiger partial charge in [-0.05, 0) is 11.5 Å². The highest BCUT2D eigenvalue weighted by molar-refractivity contribution is 7.90. The van der Waals surface area contributed by atoms with Crippen molar-refractivity contribution in [1.29, 1.82) is 0 Å². The molecule has 0 unspecified atom stereocenters. The van der Waals surface area contributed by atoms with Crippen molar-refractivity contribution >= 4 is 26.3 Å². The van der Waals surface area contributed by atoms with Crippen LogP contribution in [0.25, 0.3) is 10.8 Å². The molecule has 6 heteroatoms. The quantitative estimate of drug-likeness (QED) is 0.847. The van der Waals surface area contributed by atoms with E-state index in [4.69, 9.17) is 0 Å². The third kappa shape index (κ3) is 2.06. The van der Waals surface area contributed by atoms with Crippen molar-refractivity contribution in [2.24, 2.45) is 10.2 Å². The fourth-order valence-corrected chi connectivity index (χ4v) is 2.60. The van der Waals surface area contributed by atoms with E-state index in [1.54, 1.807) is 24.3 Å². The Morgan fingerprint density at radius 1 is 1.22 bits per heavy atom. The summed E-state index contributed by atoms with van der Waals surface area (Å²) < 4.78 is 23.4. The number of hydrogen-bond donors (Lipinski definition) is 1. The van der Waals surface area contributed by atoms with Gasteiger partial charge in [0.25, 0.3) is 0 Å². The van der Waals surface area contributed by atoms with Gasteiger partial charge in [0, 0.05) is 18.7 Å². The van der Waals surface area contributed by atoms with Gasteiger partial charge in [-0.1, -0.05) is 24.3 Å². The monoisotopic (exact) mass is 264 g/mol. The second-order valence-corrected chi connectivity index (χ2v) is 5.85. The highest BCUT2D eigenvalue weighted by atomic mass is 32.2. The standard InChI is InChI=1S/C12H12N2O3S/c1-13-14-11-10(18(2,16)17)7-8-5-3-4-6-9(8)12(11)15/h3-7,15H,1-2H3/b14-13+. The van der Waals surface area contributed by atoms with Crippen molar-refractivity contribution in [2.45, 2.75) is 4.90 Å². The van der Waals surface area contributed by atoms with E-state index in [0.29, 0.717) is 10.8 Å². The molecule has 0 spiro atoms. The van der Waals surface area contributed by atoms with Crippen LogP contribution in [0.15, 0.2) is 45.5 Å². The summed E-state index contributed by atoms with van der Waals surface area (Å²) in [5.41, 5.74) is -0.0151. The largest absolute Gasteiger partial charge is 0.505 e. The molecule has 0 bridgehead atoms. The lowest BCUT2D eigenvalue weighted by molar-refractivity contribution is 0.480. The molecule has 0 aliphatic heterocycles. The van der Waals surface area contributed by atoms with E-state index in [-0.39, 0.29) is 16.3 Å². The van der Waals surface area contributed by atoms with Crippen LogP contribution in [0.3, 0.4) is 0 Å². The minimum absolute atomic E-state index is 0.0151. The molecule has 94 valence electrons. The van der Waals surface area contributed by atoms with Crippen molar-refractivity contribution in [1.82, 2.24) is 0 Å². The van der Waals surface area contributed by atoms with E-state index in [1.165, 1.54) is 13.1 Å². The van der Waals surface area contributed by atoms with Crippen LogP contribution in [-0.2, 0) is 9.84 Å². The highest BCUT2D eigenvalue weighted by Gasteiger charge is 2.19. The Labute approximate surface area is 105 Å². The Kier molecular flexibility index (Phi) is 3.04. The molecule has 0 saturated carbocycles. The van der Waals surface area contributed by atoms with E-state index >= 15 is 0 Å². The summed E-state index contributed by atoms with van der Waals surface area (Å²) in [5.74, 6) is -0.167. The van der Waals surface area contributed by atoms with E-state index in [0.717, 1.165) is 6.26 Å². The van der Waals surface area contributed by atoms with Gasteiger partial charge in [0.05, 0.1) is 4.90 Å². The molecule has 5 nitrogen and oxygen atoms in total. The maximum atomic E-state index is 11.7. The van der Waals surface area contributed by atoms with Crippen LogP contribution in [0.1, 0.15) is 0 Å². The number of sulfone groups is 1. The van der Waals surface area contributed by atoms with Gasteiger partial charge in [-0.2, -0.15) is 10.2 Å². The van der Waals surface area contributed by atoms with Crippen LogP contribution in [0, 0.1) is 0 Å². The second kappa shape index (κ2) is 4.38. The lowest BCUT2D eigenvalue weighted by Gasteiger charge is -2.08. The van der Waals surface area contributed by atoms with Crippen molar-refractivity contribution < 1.29 is 13.5 Å². The number of rotatable bonds is 2. The van der Waals surface area contributed by atoms with Gasteiger partial charge in [-0.25, -0.2) is 8.42 Å². The molecule has 0 aromatic heterocycles. The molecule has 0 amide bonds. The number of fused-ring (bicyclic) bond motifs is 1. The molecule has 0 atom stereocenters. The lowest BCUT2D eigenvalue weighted by atomic mass is 10.1. The summed E-state index contributed by atoms with van der Waals surface area (Å²) in [6.07, 6.45) is 1.07. The van der Waals surface area contributed by atoms with E-state index in [9.17, 15) is 13.5 Å². The van der Waals surface area contributed by atoms with Crippen LogP contribution < -0.4 is 0 Å². The van der Waals surface area contributed by atoms with E-state index in [2.05, 4.69) is 10.2 Å². The summed E-state index contributed by atoms with van der Waals surface area (Å²) in [5, 5.41) is 18.6. The van der Waals surface area contributed by atoms with Crippen LogP contribution in [0.5, 0.6) is 5.75 Å². The third-order valence-electron chi connectivity index (χ3n) is 2.56. The van der Waals surface area contributed by atoms with Crippen LogP contribution in [0.4, 0.5) is 5.69 Å². The van der Waals surface area contributed by atoms with E-state index < -0.39 is 9.84 Å². The molecule has 0 heterocycles. The summed E-state index contributed by atoms with van der Waals surface area (Å²) in [4.78, 5) is -0.0238. The first kappa shape index (κ1) is 12.5. The van der Waals surface area contributed by atoms with Crippen molar-refractivity contribution in [3.05, 3.63) is 30.3 Å². The molecule has 0 aliphatic rings. The topological polar surface area (TPSA) is 79.1 Å². The highest BCUT2D eigenvalue weighted by Crippen LogP contribution is 2.40. The normalized spacial score (nSPS) is 12.3. The third-order valence-corrected chi connectivity index (χ3v) is 3.67. The molecule has 0 fully saturated rings. The van der Waals surface area contributed by atoms with Crippen LogP contribution >= 0.6 is 0 Å². The lowest BCUT2D eigenvalue weighted by Crippen LogP contribution is -1.98. The van der Waals surface area contributed by atoms with Gasteiger partial charge >= 0.3 is 0 Å². The summed E-state index contributed by atoms with van der Waals surface area (Å²) in [6.45, 7) is 0. The van der Waals surface area contributed by atoms with Crippen molar-refractivity contribution in [3.63, 3.8) is 0 Å². The number of phenolic OH excluding ortho intramolecular Hbond substituents is 1. The SMILES string of the molecule is C/N=N/c1c(S(C)(=O)=O)cc2ccccc2c1O. The Morgan fingerprint density at radius 2 is 1.89 bits per heavy atom. The first-order valence-electron chi connectivity index (χ1n) is 5.19. The predicted molar refractivity (Wildman–Crippen MR) is 69.2 cm³/mol. The van der Waals surface area contributed by atoms with E-state index in [1.807, 2.05) is 0 Å². The summed E-state index contributed by atoms with van der Waals surface area (Å²) >= 11 is 0. The molecule has 0 saturated heterocycles. The number of azo groups is 1.